The van der Waals surface area contributed by atoms with Gasteiger partial charge in [0.25, 0.3) is 16.7 Å². The maximum atomic E-state index is 15.7. The van der Waals surface area contributed by atoms with E-state index in [1.54, 1.807) is 44.2 Å². The molecule has 3 aliphatic rings. The summed E-state index contributed by atoms with van der Waals surface area (Å²) >= 11 is 0. The van der Waals surface area contributed by atoms with Crippen molar-refractivity contribution in [3.63, 3.8) is 0 Å². The molecule has 9 aromatic rings. The maximum absolute atomic E-state index is 15.7. The Morgan fingerprint density at radius 3 is 1.04 bits per heavy atom. The van der Waals surface area contributed by atoms with Gasteiger partial charge >= 0.3 is 41.1 Å². The summed E-state index contributed by atoms with van der Waals surface area (Å²) < 4.78 is 164. The predicted octanol–water partition coefficient (Wildman–Crippen LogP) is 3.01. The molecular formula is C70H91F3N21O24P3. The second kappa shape index (κ2) is 36.1. The van der Waals surface area contributed by atoms with Crippen LogP contribution in [0.3, 0.4) is 0 Å². The van der Waals surface area contributed by atoms with E-state index >= 15 is 17.7 Å². The van der Waals surface area contributed by atoms with Crippen LogP contribution < -0.4 is 79.1 Å². The number of nitrogens with two attached hydrogens (primary N) is 4. The second-order valence-electron chi connectivity index (χ2n) is 29.3. The first kappa shape index (κ1) is 90.0. The van der Waals surface area contributed by atoms with Gasteiger partial charge in [-0.15, -0.1) is 0 Å². The summed E-state index contributed by atoms with van der Waals surface area (Å²) in [6.45, 7) is 9.02. The number of hydrogen-bond acceptors (Lipinski definition) is 36. The molecule has 0 aliphatic carbocycles. The van der Waals surface area contributed by atoms with Gasteiger partial charge in [0.05, 0.1) is 43.4 Å². The fourth-order valence-corrected chi connectivity index (χ4v) is 18.6. The van der Waals surface area contributed by atoms with E-state index in [2.05, 4.69) is 70.8 Å². The highest BCUT2D eigenvalue weighted by atomic mass is 31.2. The van der Waals surface area contributed by atoms with Crippen molar-refractivity contribution in [3.05, 3.63) is 141 Å². The number of para-hydroxylation sites is 3. The number of aromatic nitrogens is 12. The number of nitrogens with one attached hydrogen (secondary N) is 8. The Morgan fingerprint density at radius 2 is 0.752 bits per heavy atom. The number of rotatable bonds is 37. The van der Waals surface area contributed by atoms with E-state index in [1.807, 2.05) is 0 Å². The first-order valence-corrected chi connectivity index (χ1v) is 42.1. The number of H-pyrrole nitrogens is 3. The Morgan fingerprint density at radius 1 is 0.471 bits per heavy atom. The number of imidazole rings is 3. The van der Waals surface area contributed by atoms with Gasteiger partial charge in [-0.2, -0.15) is 30.2 Å². The molecule has 3 aliphatic heterocycles. The van der Waals surface area contributed by atoms with Gasteiger partial charge in [-0.3, -0.25) is 71.0 Å². The first-order chi connectivity index (χ1) is 57.1. The SMILES string of the molecule is CC(C)OC(=O)[C@H](C)NP(=O)(Oc1ccccc1)O[C@H](C)[C@H]1O[C@@H](n2cnc3c(=O)[nH]c(NC(C)OC(=O)[C@H](C)N[P@@](=O)(Oc4ccccc4)O[C@H](C)[C@H]4O[C@@H](n5cnc6c(=O)[nH]c(NC(C)OC(=O)[C@H](C)N[P@](=O)(Oc7ccccc7)O[C@H](C)[C@H]7O[C@@H](n8cnc9c(=O)[nH]c(N)nc98)[C@@](N)(CF)C7O)nc65)[C@@](N)(CF)C4O)nc32)[C@@](N)(CF)C1O. The lowest BCUT2D eigenvalue weighted by atomic mass is 9.91. The lowest BCUT2D eigenvalue weighted by Gasteiger charge is -2.31. The van der Waals surface area contributed by atoms with E-state index in [0.717, 1.165) is 32.7 Å². The number of benzene rings is 3. The highest BCUT2D eigenvalue weighted by molar-refractivity contribution is 7.52. The number of nitrogens with zero attached hydrogens (tertiary/aromatic N) is 9. The van der Waals surface area contributed by atoms with Crippen LogP contribution in [-0.2, 0) is 70.1 Å². The highest BCUT2D eigenvalue weighted by Gasteiger charge is 2.61. The fourth-order valence-electron chi connectivity index (χ4n) is 13.5. The molecule has 0 spiro atoms. The number of aliphatic hydroxyl groups excluding tert-OH is 3. The molecule has 0 radical (unpaired) electrons. The van der Waals surface area contributed by atoms with Gasteiger partial charge in [0.1, 0.15) is 109 Å². The average molecular weight is 1760 g/mol. The van der Waals surface area contributed by atoms with Crippen LogP contribution in [0.25, 0.3) is 33.5 Å². The molecule has 12 rings (SSSR count). The third-order valence-corrected chi connectivity index (χ3v) is 24.8. The summed E-state index contributed by atoms with van der Waals surface area (Å²) in [5, 5.41) is 48.2. The second-order valence-corrected chi connectivity index (χ2v) is 34.2. The van der Waals surface area contributed by atoms with Crippen LogP contribution in [0.5, 0.6) is 17.2 Å². The Hall–Kier alpha value is -10.2. The lowest BCUT2D eigenvalue weighted by Crippen LogP contribution is -2.57. The van der Waals surface area contributed by atoms with Crippen LogP contribution in [0.2, 0.25) is 0 Å². The Balaban J connectivity index is 0.699. The third-order valence-electron chi connectivity index (χ3n) is 19.5. The molecule has 6 aromatic heterocycles. The normalized spacial score (nSPS) is 26.5. The number of anilines is 3. The number of esters is 3. The summed E-state index contributed by atoms with van der Waals surface area (Å²) in [6.07, 6.45) is -20.9. The van der Waals surface area contributed by atoms with Crippen molar-refractivity contribution in [1.82, 2.24) is 73.8 Å². The number of hydrogen-bond donors (Lipinski definition) is 15. The summed E-state index contributed by atoms with van der Waals surface area (Å²) in [4.78, 5) is 113. The minimum Gasteiger partial charge on any atom is -0.462 e. The smallest absolute Gasteiger partial charge is 0.459 e. The standard InChI is InChI=1S/C70H91F3N21O24P3/c1-32(2)107-59(101)33(3)89-119(104,116-41-20-14-11-15-21-41)113-37(7)48-51(96)69(76,27-72)63(111-48)93-30-79-45-54(93)84-66(87-57(45)99)82-40(10)109-61(103)35(5)91-121(106,118-43-24-18-13-19-25-43)115-38(8)49-52(97)70(77,28-73)64(112-49)94-31-80-46-55(94)85-67(88-58(46)100)81-39(9)108-60(102)34(4)90-120(105,117-42-22-16-12-17-23-42)114-36(6)47-50(95)68(75,26-71)62(110-47)92-29-78-44-53(92)83-65(74)86-56(44)98/h11-25,29-40,47-52,62-64,95-97H,26-28,75-77H2,1-10H3,(H,89,104)(H,90,105)(H,91,106)(H3,74,83,86,98)(H2,81,85,88,100)(H2,82,84,87,99)/t33-,34-,35-,36+,37+,38+,39?,40?,47+,48+,49+,50?,51?,52?,62+,63+,64+,68+,69+,70+,119?,120+,121-/m0/s1. The number of ether oxygens (including phenoxy) is 6. The summed E-state index contributed by atoms with van der Waals surface area (Å²) in [5.74, 6) is -4.27. The summed E-state index contributed by atoms with van der Waals surface area (Å²) in [7, 11) is -14.4. The van der Waals surface area contributed by atoms with Gasteiger partial charge in [0, 0.05) is 0 Å². The predicted molar refractivity (Wildman–Crippen MR) is 420 cm³/mol. The number of aromatic amines is 3. The summed E-state index contributed by atoms with van der Waals surface area (Å²) in [5.41, 5.74) is 14.2. The zero-order valence-electron chi connectivity index (χ0n) is 66.1. The Labute approximate surface area is 683 Å². The van der Waals surface area contributed by atoms with Gasteiger partial charge in [0.15, 0.2) is 64.6 Å². The van der Waals surface area contributed by atoms with E-state index in [1.165, 1.54) is 116 Å². The molecule has 23 atom stereocenters. The van der Waals surface area contributed by atoms with Crippen molar-refractivity contribution in [2.75, 3.05) is 36.4 Å². The molecule has 3 saturated heterocycles. The number of carbonyl (C=O) groups excluding carboxylic acids is 3. The molecule has 45 nitrogen and oxygen atoms in total. The quantitative estimate of drug-likeness (QED) is 0.0115. The molecule has 656 valence electrons. The first-order valence-electron chi connectivity index (χ1n) is 37.4. The molecule has 51 heteroatoms. The number of aliphatic hydroxyl groups is 3. The molecule has 0 amide bonds. The Kier molecular flexibility index (Phi) is 26.8. The topological polar surface area (TPSA) is 629 Å². The van der Waals surface area contributed by atoms with E-state index in [-0.39, 0.29) is 62.6 Å². The monoisotopic (exact) mass is 1760 g/mol. The molecule has 9 heterocycles. The summed E-state index contributed by atoms with van der Waals surface area (Å²) in [6, 6.07) is 18.2. The van der Waals surface area contributed by atoms with Gasteiger partial charge in [-0.1, -0.05) is 54.6 Å². The van der Waals surface area contributed by atoms with Crippen LogP contribution in [0.4, 0.5) is 31.0 Å². The zero-order chi connectivity index (χ0) is 87.8. The minimum absolute atomic E-state index is 0.0375. The largest absolute Gasteiger partial charge is 0.462 e. The molecule has 3 aromatic carbocycles. The van der Waals surface area contributed by atoms with E-state index in [4.69, 9.17) is 78.5 Å². The molecule has 0 bridgehead atoms. The molecular weight excluding hydrogens is 1670 g/mol. The van der Waals surface area contributed by atoms with Crippen molar-refractivity contribution < 1.29 is 112 Å². The number of fused-ring (bicyclic) bond motifs is 3. The van der Waals surface area contributed by atoms with Crippen LogP contribution in [-0.4, -0.2) is 220 Å². The molecule has 121 heavy (non-hydrogen) atoms. The molecule has 6 unspecified atom stereocenters. The van der Waals surface area contributed by atoms with Crippen LogP contribution >= 0.6 is 23.2 Å². The lowest BCUT2D eigenvalue weighted by molar-refractivity contribution is -0.149. The minimum atomic E-state index is -4.95. The molecule has 19 N–H and O–H groups in total. The van der Waals surface area contributed by atoms with Gasteiger partial charge < -0.3 is 90.9 Å². The maximum Gasteiger partial charge on any atom is 0.459 e. The molecule has 0 saturated carbocycles. The number of halogens is 3. The van der Waals surface area contributed by atoms with Crippen LogP contribution in [0.15, 0.2) is 124 Å². The third kappa shape index (κ3) is 19.1. The van der Waals surface area contributed by atoms with Crippen molar-refractivity contribution in [2.24, 2.45) is 17.2 Å². The Bertz CT molecular complexity index is 5560. The fraction of sp³-hybridized carbons (Fsp3) is 0.486. The average Bonchev–Trinajstić information content (AvgIpc) is 1.59. The highest BCUT2D eigenvalue weighted by Crippen LogP contribution is 2.53. The van der Waals surface area contributed by atoms with Crippen molar-refractivity contribution in [2.45, 2.75) is 196 Å². The van der Waals surface area contributed by atoms with Crippen molar-refractivity contribution in [3.8, 4) is 17.2 Å². The van der Waals surface area contributed by atoms with E-state index < -0.39 is 211 Å². The van der Waals surface area contributed by atoms with Gasteiger partial charge in [0.2, 0.25) is 17.8 Å². The number of alkyl halides is 3. The molecule has 3 fully saturated rings. The van der Waals surface area contributed by atoms with E-state index in [9.17, 15) is 53.2 Å². The van der Waals surface area contributed by atoms with Crippen LogP contribution in [0, 0.1) is 0 Å². The van der Waals surface area contributed by atoms with Crippen LogP contribution in [0.1, 0.15) is 87.9 Å². The number of nitrogen functional groups attached to an aromatic ring is 1. The zero-order valence-corrected chi connectivity index (χ0v) is 68.8. The van der Waals surface area contributed by atoms with Gasteiger partial charge in [-0.25, -0.2) is 41.8 Å². The number of carbonyl (C=O) groups is 3. The van der Waals surface area contributed by atoms with Crippen molar-refractivity contribution >= 4 is 92.5 Å². The van der Waals surface area contributed by atoms with E-state index in [0.29, 0.717) is 0 Å². The van der Waals surface area contributed by atoms with Gasteiger partial charge in [-0.05, 0) is 106 Å². The van der Waals surface area contributed by atoms with Crippen molar-refractivity contribution in [1.29, 1.82) is 0 Å².